The Bertz CT molecular complexity index is 1620. The van der Waals surface area contributed by atoms with Gasteiger partial charge >= 0.3 is 5.97 Å². The molecule has 0 aliphatic carbocycles. The third-order valence-electron chi connectivity index (χ3n) is 16.2. The Kier molecular flexibility index (Phi) is 62.0. The number of nitrogens with zero attached hydrogens (tertiary/aromatic N) is 1. The molecule has 1 N–H and O–H groups in total. The van der Waals surface area contributed by atoms with E-state index in [0.717, 1.165) is 89.9 Å². The summed E-state index contributed by atoms with van der Waals surface area (Å²) in [4.78, 5) is 40.2. The molecule has 0 aliphatic heterocycles. The van der Waals surface area contributed by atoms with E-state index in [-0.39, 0.29) is 24.9 Å². The van der Waals surface area contributed by atoms with Gasteiger partial charge in [0, 0.05) is 12.8 Å². The highest BCUT2D eigenvalue weighted by Crippen LogP contribution is 2.38. The van der Waals surface area contributed by atoms with E-state index in [1.54, 1.807) is 0 Å². The number of quaternary nitrogens is 1. The third-order valence-corrected chi connectivity index (χ3v) is 17.2. The molecule has 0 radical (unpaired) electrons. The van der Waals surface area contributed by atoms with Gasteiger partial charge in [0.15, 0.2) is 0 Å². The highest BCUT2D eigenvalue weighted by molar-refractivity contribution is 7.45. The minimum Gasteiger partial charge on any atom is -0.756 e. The van der Waals surface area contributed by atoms with Crippen molar-refractivity contribution in [2.24, 2.45) is 0 Å². The standard InChI is InChI=1S/C74H139N2O7P/c1-7-10-13-16-19-22-25-28-30-32-34-36-37-38-39-41-42-44-46-48-51-54-57-60-63-66-73(77)75-71(70-82-84(79,80)81-69-68-76(4,5)6)72(65-62-59-56-53-50-27-24-21-18-15-12-9-3)83-74(78)67-64-61-58-55-52-49-47-45-43-40-35-33-31-29-26-23-20-17-14-11-8-2/h20,23,29,31,35,40,45,47,62,65,71-72H,7-19,21-22,24-28,30,32-34,36-39,41-44,46,48-61,63-64,66-70H2,1-6H3,(H-,75,77,79,80)/b23-20-,31-29-,40-35-,47-45-,65-62+. The van der Waals surface area contributed by atoms with Gasteiger partial charge in [-0.25, -0.2) is 0 Å². The highest BCUT2D eigenvalue weighted by Gasteiger charge is 2.27. The normalized spacial score (nSPS) is 13.8. The van der Waals surface area contributed by atoms with Crippen LogP contribution in [0.25, 0.3) is 0 Å². The Balaban J connectivity index is 5.06. The summed E-state index contributed by atoms with van der Waals surface area (Å²) < 4.78 is 30.4. The SMILES string of the molecule is CCCCC/C=C\C/C=C\C/C=C\C/C=C\CCCCCCCC(=O)OC(/C=C/CCCCCCCCCCCC)C(COP(=O)([O-])OCC[N+](C)(C)C)NC(=O)CCCCCCCCCCCCCCCCCCCCCCCCCCC. The molecule has 0 rings (SSSR count). The molecule has 3 unspecified atom stereocenters. The lowest BCUT2D eigenvalue weighted by molar-refractivity contribution is -0.870. The van der Waals surface area contributed by atoms with Crippen molar-refractivity contribution in [1.29, 1.82) is 0 Å². The molecular weight excluding hydrogens is 1060 g/mol. The molecule has 84 heavy (non-hydrogen) atoms. The van der Waals surface area contributed by atoms with E-state index in [2.05, 4.69) is 74.7 Å². The van der Waals surface area contributed by atoms with Gasteiger partial charge in [-0.05, 0) is 76.7 Å². The molecule has 0 fully saturated rings. The van der Waals surface area contributed by atoms with Crippen molar-refractivity contribution in [3.63, 3.8) is 0 Å². The number of rotatable bonds is 66. The fourth-order valence-electron chi connectivity index (χ4n) is 10.6. The number of carbonyl (C=O) groups is 2. The number of allylic oxidation sites excluding steroid dienone is 9. The Morgan fingerprint density at radius 1 is 0.417 bits per heavy atom. The van der Waals surface area contributed by atoms with Crippen LogP contribution in [0.5, 0.6) is 0 Å². The van der Waals surface area contributed by atoms with Gasteiger partial charge in [-0.3, -0.25) is 14.2 Å². The van der Waals surface area contributed by atoms with Gasteiger partial charge in [0.05, 0.1) is 33.8 Å². The average Bonchev–Trinajstić information content (AvgIpc) is 3.65. The zero-order valence-corrected chi connectivity index (χ0v) is 57.3. The monoisotopic (exact) mass is 1200 g/mol. The molecule has 0 aliphatic rings. The van der Waals surface area contributed by atoms with Crippen molar-refractivity contribution in [2.45, 2.75) is 360 Å². The summed E-state index contributed by atoms with van der Waals surface area (Å²) in [5.41, 5.74) is 0. The molecule has 492 valence electrons. The number of likely N-dealkylation sites (N-methyl/N-ethyl adjacent to an activating group) is 1. The molecule has 0 saturated carbocycles. The predicted molar refractivity (Wildman–Crippen MR) is 362 cm³/mol. The Morgan fingerprint density at radius 3 is 1.11 bits per heavy atom. The average molecular weight is 1200 g/mol. The van der Waals surface area contributed by atoms with Crippen LogP contribution >= 0.6 is 7.82 Å². The molecule has 0 aromatic rings. The number of nitrogens with one attached hydrogen (secondary N) is 1. The maximum atomic E-state index is 13.6. The topological polar surface area (TPSA) is 114 Å². The molecule has 0 saturated heterocycles. The number of carbonyl (C=O) groups excluding carboxylic acids is 2. The van der Waals surface area contributed by atoms with Crippen LogP contribution in [-0.4, -0.2) is 69.4 Å². The van der Waals surface area contributed by atoms with E-state index in [1.165, 1.54) is 218 Å². The molecule has 0 spiro atoms. The quantitative estimate of drug-likeness (QED) is 0.0212. The van der Waals surface area contributed by atoms with E-state index in [4.69, 9.17) is 13.8 Å². The zero-order chi connectivity index (χ0) is 61.4. The van der Waals surface area contributed by atoms with E-state index in [0.29, 0.717) is 23.9 Å². The van der Waals surface area contributed by atoms with Crippen molar-refractivity contribution in [3.05, 3.63) is 60.8 Å². The van der Waals surface area contributed by atoms with Crippen molar-refractivity contribution in [1.82, 2.24) is 5.32 Å². The van der Waals surface area contributed by atoms with Crippen molar-refractivity contribution in [2.75, 3.05) is 40.9 Å². The number of unbranched alkanes of at least 4 members (excludes halogenated alkanes) is 42. The fraction of sp³-hybridized carbons (Fsp3) is 0.838. The summed E-state index contributed by atoms with van der Waals surface area (Å²) in [5.74, 6) is -0.548. The van der Waals surface area contributed by atoms with Gasteiger partial charge in [-0.2, -0.15) is 0 Å². The first-order valence-corrected chi connectivity index (χ1v) is 37.6. The lowest BCUT2D eigenvalue weighted by Gasteiger charge is -2.30. The minimum atomic E-state index is -4.71. The second-order valence-electron chi connectivity index (χ2n) is 25.7. The minimum absolute atomic E-state index is 0.0252. The molecule has 0 aromatic heterocycles. The van der Waals surface area contributed by atoms with Crippen LogP contribution in [0.15, 0.2) is 60.8 Å². The number of esters is 1. The Labute approximate surface area is 521 Å². The number of phosphoric ester groups is 1. The Morgan fingerprint density at radius 2 is 0.726 bits per heavy atom. The molecule has 0 aromatic carbocycles. The van der Waals surface area contributed by atoms with Gasteiger partial charge < -0.3 is 28.5 Å². The summed E-state index contributed by atoms with van der Waals surface area (Å²) in [7, 11) is 1.18. The van der Waals surface area contributed by atoms with Crippen LogP contribution in [0.2, 0.25) is 0 Å². The van der Waals surface area contributed by atoms with Crippen LogP contribution < -0.4 is 10.2 Å². The molecule has 10 heteroatoms. The fourth-order valence-corrected chi connectivity index (χ4v) is 11.3. The van der Waals surface area contributed by atoms with E-state index in [1.807, 2.05) is 33.3 Å². The molecule has 0 bridgehead atoms. The van der Waals surface area contributed by atoms with Gasteiger partial charge in [-0.1, -0.05) is 319 Å². The summed E-state index contributed by atoms with van der Waals surface area (Å²) in [6, 6.07) is -0.897. The largest absolute Gasteiger partial charge is 0.756 e. The van der Waals surface area contributed by atoms with Gasteiger partial charge in [-0.15, -0.1) is 0 Å². The molecule has 0 heterocycles. The van der Waals surface area contributed by atoms with E-state index < -0.39 is 26.6 Å². The third kappa shape index (κ3) is 64.2. The predicted octanol–water partition coefficient (Wildman–Crippen LogP) is 22.3. The van der Waals surface area contributed by atoms with Crippen LogP contribution in [-0.2, 0) is 27.9 Å². The smallest absolute Gasteiger partial charge is 0.306 e. The Hall–Kier alpha value is -2.29. The van der Waals surface area contributed by atoms with E-state index >= 15 is 0 Å². The van der Waals surface area contributed by atoms with Crippen LogP contribution in [0.3, 0.4) is 0 Å². The molecule has 1 amide bonds. The summed E-state index contributed by atoms with van der Waals surface area (Å²) in [6.45, 7) is 6.85. The number of hydrogen-bond donors (Lipinski definition) is 1. The number of ether oxygens (including phenoxy) is 1. The van der Waals surface area contributed by atoms with Crippen LogP contribution in [0.4, 0.5) is 0 Å². The first kappa shape index (κ1) is 81.7. The number of amides is 1. The molecule has 3 atom stereocenters. The maximum absolute atomic E-state index is 13.6. The first-order chi connectivity index (χ1) is 40.9. The zero-order valence-electron chi connectivity index (χ0n) is 56.4. The molecule has 9 nitrogen and oxygen atoms in total. The second-order valence-corrected chi connectivity index (χ2v) is 27.2. The van der Waals surface area contributed by atoms with Gasteiger partial charge in [0.2, 0.25) is 5.91 Å². The van der Waals surface area contributed by atoms with Crippen molar-refractivity contribution < 1.29 is 37.3 Å². The lowest BCUT2D eigenvalue weighted by atomic mass is 10.0. The van der Waals surface area contributed by atoms with Crippen molar-refractivity contribution in [3.8, 4) is 0 Å². The van der Waals surface area contributed by atoms with Crippen LogP contribution in [0.1, 0.15) is 348 Å². The lowest BCUT2D eigenvalue weighted by Crippen LogP contribution is -2.47. The van der Waals surface area contributed by atoms with Gasteiger partial charge in [0.25, 0.3) is 7.82 Å². The summed E-state index contributed by atoms with van der Waals surface area (Å²) in [5, 5.41) is 3.04. The number of phosphoric acid groups is 1. The summed E-state index contributed by atoms with van der Waals surface area (Å²) >= 11 is 0. The van der Waals surface area contributed by atoms with Crippen LogP contribution in [0, 0.1) is 0 Å². The maximum Gasteiger partial charge on any atom is 0.306 e. The first-order valence-electron chi connectivity index (χ1n) is 36.1. The van der Waals surface area contributed by atoms with Gasteiger partial charge in [0.1, 0.15) is 19.3 Å². The van der Waals surface area contributed by atoms with E-state index in [9.17, 15) is 19.0 Å². The summed E-state index contributed by atoms with van der Waals surface area (Å²) in [6.07, 6.45) is 82.1. The number of hydrogen-bond acceptors (Lipinski definition) is 7. The van der Waals surface area contributed by atoms with Crippen molar-refractivity contribution >= 4 is 19.7 Å². The highest BCUT2D eigenvalue weighted by atomic mass is 31.2. The second kappa shape index (κ2) is 63.7. The molecular formula is C74H139N2O7P.